The van der Waals surface area contributed by atoms with Crippen LogP contribution in [0.2, 0.25) is 0 Å². The summed E-state index contributed by atoms with van der Waals surface area (Å²) < 4.78 is 5.17. The van der Waals surface area contributed by atoms with E-state index in [1.54, 1.807) is 13.8 Å². The number of hydrogen-bond acceptors (Lipinski definition) is 3. The van der Waals surface area contributed by atoms with E-state index in [2.05, 4.69) is 5.32 Å². The monoisotopic (exact) mass is 250 g/mol. The largest absolute Gasteiger partial charge is 0.369 e. The molecule has 0 aliphatic heterocycles. The molecule has 0 aliphatic rings. The van der Waals surface area contributed by atoms with Gasteiger partial charge in [0.15, 0.2) is 0 Å². The minimum absolute atomic E-state index is 0.179. The van der Waals surface area contributed by atoms with Gasteiger partial charge in [0, 0.05) is 13.7 Å². The minimum Gasteiger partial charge on any atom is -0.369 e. The average molecular weight is 250 g/mol. The molecule has 0 heterocycles. The third-order valence-corrected chi connectivity index (χ3v) is 3.27. The second kappa shape index (κ2) is 5.50. The Morgan fingerprint density at radius 2 is 1.83 bits per heavy atom. The topological polar surface area (TPSA) is 64.3 Å². The molecule has 100 valence electrons. The van der Waals surface area contributed by atoms with E-state index in [1.807, 2.05) is 37.3 Å². The molecule has 1 aromatic rings. The summed E-state index contributed by atoms with van der Waals surface area (Å²) in [5, 5.41) is 2.96. The maximum atomic E-state index is 12.2. The maximum Gasteiger partial charge on any atom is 0.252 e. The molecule has 0 aliphatic carbocycles. The van der Waals surface area contributed by atoms with Crippen molar-refractivity contribution in [1.29, 1.82) is 0 Å². The standard InChI is InChI=1S/C14H22N2O2/c1-13(2,18-4)12(17)16-14(3,10-15)11-8-6-5-7-9-11/h5-9H,10,15H2,1-4H3,(H,16,17). The molecule has 0 bridgehead atoms. The first kappa shape index (κ1) is 14.7. The van der Waals surface area contributed by atoms with Crippen molar-refractivity contribution in [2.75, 3.05) is 13.7 Å². The van der Waals surface area contributed by atoms with E-state index in [1.165, 1.54) is 7.11 Å². The van der Waals surface area contributed by atoms with Crippen LogP contribution in [0.15, 0.2) is 30.3 Å². The summed E-state index contributed by atoms with van der Waals surface area (Å²) in [6.45, 7) is 5.68. The first-order valence-electron chi connectivity index (χ1n) is 5.99. The number of benzene rings is 1. The van der Waals surface area contributed by atoms with Crippen LogP contribution in [0.3, 0.4) is 0 Å². The molecule has 0 saturated carbocycles. The summed E-state index contributed by atoms with van der Waals surface area (Å²) in [5.41, 5.74) is 5.34. The van der Waals surface area contributed by atoms with Crippen LogP contribution >= 0.6 is 0 Å². The molecule has 0 fully saturated rings. The van der Waals surface area contributed by atoms with Gasteiger partial charge in [-0.25, -0.2) is 0 Å². The first-order valence-corrected chi connectivity index (χ1v) is 5.99. The molecular weight excluding hydrogens is 228 g/mol. The number of carbonyl (C=O) groups is 1. The summed E-state index contributed by atoms with van der Waals surface area (Å²) in [6.07, 6.45) is 0. The molecule has 4 nitrogen and oxygen atoms in total. The van der Waals surface area contributed by atoms with Gasteiger partial charge in [0.1, 0.15) is 5.60 Å². The van der Waals surface area contributed by atoms with E-state index >= 15 is 0 Å². The van der Waals surface area contributed by atoms with Crippen LogP contribution in [-0.2, 0) is 15.1 Å². The van der Waals surface area contributed by atoms with Crippen LogP contribution in [0.5, 0.6) is 0 Å². The fourth-order valence-corrected chi connectivity index (χ4v) is 1.54. The maximum absolute atomic E-state index is 12.2. The Kier molecular flexibility index (Phi) is 4.48. The molecule has 1 aromatic carbocycles. The lowest BCUT2D eigenvalue weighted by atomic mass is 9.91. The molecule has 4 heteroatoms. The fourth-order valence-electron chi connectivity index (χ4n) is 1.54. The van der Waals surface area contributed by atoms with E-state index in [4.69, 9.17) is 10.5 Å². The first-order chi connectivity index (χ1) is 8.35. The Bertz CT molecular complexity index is 404. The van der Waals surface area contributed by atoms with Crippen molar-refractivity contribution in [2.24, 2.45) is 5.73 Å². The number of carbonyl (C=O) groups excluding carboxylic acids is 1. The summed E-state index contributed by atoms with van der Waals surface area (Å²) in [5.74, 6) is -0.179. The van der Waals surface area contributed by atoms with Gasteiger partial charge < -0.3 is 15.8 Å². The van der Waals surface area contributed by atoms with E-state index in [0.717, 1.165) is 5.56 Å². The van der Waals surface area contributed by atoms with Gasteiger partial charge in [-0.3, -0.25) is 4.79 Å². The van der Waals surface area contributed by atoms with Crippen molar-refractivity contribution in [3.63, 3.8) is 0 Å². The van der Waals surface area contributed by atoms with Crippen molar-refractivity contribution < 1.29 is 9.53 Å². The Morgan fingerprint density at radius 1 is 1.28 bits per heavy atom. The highest BCUT2D eigenvalue weighted by Gasteiger charge is 2.34. The number of nitrogens with one attached hydrogen (secondary N) is 1. The van der Waals surface area contributed by atoms with Crippen molar-refractivity contribution in [3.05, 3.63) is 35.9 Å². The summed E-state index contributed by atoms with van der Waals surface area (Å²) >= 11 is 0. The van der Waals surface area contributed by atoms with Crippen LogP contribution in [0.25, 0.3) is 0 Å². The molecule has 0 spiro atoms. The predicted molar refractivity (Wildman–Crippen MR) is 72.1 cm³/mol. The highest BCUT2D eigenvalue weighted by Crippen LogP contribution is 2.21. The van der Waals surface area contributed by atoms with Gasteiger partial charge in [-0.1, -0.05) is 30.3 Å². The molecule has 1 rings (SSSR count). The Morgan fingerprint density at radius 3 is 2.28 bits per heavy atom. The molecular formula is C14H22N2O2. The van der Waals surface area contributed by atoms with Gasteiger partial charge >= 0.3 is 0 Å². The van der Waals surface area contributed by atoms with Crippen LogP contribution in [-0.4, -0.2) is 25.2 Å². The smallest absolute Gasteiger partial charge is 0.252 e. The van der Waals surface area contributed by atoms with Crippen molar-refractivity contribution in [2.45, 2.75) is 31.9 Å². The predicted octanol–water partition coefficient (Wildman–Crippen LogP) is 1.40. The zero-order valence-electron chi connectivity index (χ0n) is 11.5. The molecule has 0 radical (unpaired) electrons. The third-order valence-electron chi connectivity index (χ3n) is 3.27. The number of nitrogens with two attached hydrogens (primary N) is 1. The van der Waals surface area contributed by atoms with Gasteiger partial charge in [-0.15, -0.1) is 0 Å². The number of methoxy groups -OCH3 is 1. The molecule has 0 saturated heterocycles. The normalized spacial score (nSPS) is 14.9. The zero-order valence-corrected chi connectivity index (χ0v) is 11.5. The molecule has 1 unspecified atom stereocenters. The van der Waals surface area contributed by atoms with Gasteiger partial charge in [0.2, 0.25) is 0 Å². The third kappa shape index (κ3) is 3.09. The number of ether oxygens (including phenoxy) is 1. The lowest BCUT2D eigenvalue weighted by Gasteiger charge is -2.33. The molecule has 1 atom stereocenters. The van der Waals surface area contributed by atoms with Gasteiger partial charge in [-0.05, 0) is 26.3 Å². The molecule has 1 amide bonds. The quantitative estimate of drug-likeness (QED) is 0.830. The van der Waals surface area contributed by atoms with Crippen molar-refractivity contribution in [3.8, 4) is 0 Å². The minimum atomic E-state index is -0.870. The lowest BCUT2D eigenvalue weighted by molar-refractivity contribution is -0.141. The highest BCUT2D eigenvalue weighted by molar-refractivity contribution is 5.85. The van der Waals surface area contributed by atoms with E-state index < -0.39 is 11.1 Å². The number of hydrogen-bond donors (Lipinski definition) is 2. The van der Waals surface area contributed by atoms with E-state index in [0.29, 0.717) is 6.54 Å². The number of amides is 1. The van der Waals surface area contributed by atoms with Gasteiger partial charge in [-0.2, -0.15) is 0 Å². The van der Waals surface area contributed by atoms with Gasteiger partial charge in [0.25, 0.3) is 5.91 Å². The SMILES string of the molecule is COC(C)(C)C(=O)NC(C)(CN)c1ccccc1. The van der Waals surface area contributed by atoms with Gasteiger partial charge in [0.05, 0.1) is 5.54 Å². The second-order valence-corrected chi connectivity index (χ2v) is 5.07. The molecule has 0 aromatic heterocycles. The second-order valence-electron chi connectivity index (χ2n) is 5.07. The average Bonchev–Trinajstić information content (AvgIpc) is 2.39. The van der Waals surface area contributed by atoms with Crippen molar-refractivity contribution in [1.82, 2.24) is 5.32 Å². The highest BCUT2D eigenvalue weighted by atomic mass is 16.5. The van der Waals surface area contributed by atoms with Crippen LogP contribution in [0, 0.1) is 0 Å². The Labute approximate surface area is 109 Å². The van der Waals surface area contributed by atoms with Crippen LogP contribution in [0.4, 0.5) is 0 Å². The fraction of sp³-hybridized carbons (Fsp3) is 0.500. The van der Waals surface area contributed by atoms with E-state index in [-0.39, 0.29) is 5.91 Å². The van der Waals surface area contributed by atoms with Crippen LogP contribution < -0.4 is 11.1 Å². The van der Waals surface area contributed by atoms with E-state index in [9.17, 15) is 4.79 Å². The number of rotatable bonds is 5. The lowest BCUT2D eigenvalue weighted by Crippen LogP contribution is -2.55. The molecule has 18 heavy (non-hydrogen) atoms. The Balaban J connectivity index is 2.95. The summed E-state index contributed by atoms with van der Waals surface area (Å²) in [7, 11) is 1.52. The van der Waals surface area contributed by atoms with Crippen molar-refractivity contribution >= 4 is 5.91 Å². The van der Waals surface area contributed by atoms with Crippen LogP contribution in [0.1, 0.15) is 26.3 Å². The summed E-state index contributed by atoms with van der Waals surface area (Å²) in [4.78, 5) is 12.2. The summed E-state index contributed by atoms with van der Waals surface area (Å²) in [6, 6.07) is 9.69. The zero-order chi connectivity index (χ0) is 13.8. The Hall–Kier alpha value is -1.39. The molecule has 3 N–H and O–H groups in total.